The van der Waals surface area contributed by atoms with Crippen molar-refractivity contribution in [2.24, 2.45) is 11.1 Å². The molecule has 1 heterocycles. The molecule has 1 fully saturated rings. The minimum Gasteiger partial charge on any atom is -0.317 e. The van der Waals surface area contributed by atoms with Gasteiger partial charge in [-0.25, -0.2) is 0 Å². The van der Waals surface area contributed by atoms with Gasteiger partial charge in [-0.1, -0.05) is 0 Å². The summed E-state index contributed by atoms with van der Waals surface area (Å²) < 4.78 is 0. The Bertz CT molecular complexity index is 45.6. The highest BCUT2D eigenvalue weighted by Gasteiger charge is 1.93. The lowest BCUT2D eigenvalue weighted by molar-refractivity contribution is 0.857. The monoisotopic (exact) mass is 117 g/mol. The van der Waals surface area contributed by atoms with Gasteiger partial charge in [0.2, 0.25) is 0 Å². The molecule has 1 aliphatic heterocycles. The molecule has 1 aliphatic rings. The lowest BCUT2D eigenvalue weighted by atomic mass is 10.4. The van der Waals surface area contributed by atoms with Crippen LogP contribution in [0.3, 0.4) is 0 Å². The van der Waals surface area contributed by atoms with Crippen LogP contribution in [0.25, 0.3) is 0 Å². The van der Waals surface area contributed by atoms with E-state index in [2.05, 4.69) is 11.2 Å². The van der Waals surface area contributed by atoms with Gasteiger partial charge in [-0.15, -0.1) is 4.91 Å². The van der Waals surface area contributed by atoms with Crippen molar-refractivity contribution in [3.8, 4) is 0 Å². The molecular formula is C4H11N3O. The zero-order chi connectivity index (χ0) is 6.24. The molecular weight excluding hydrogens is 106 g/mol. The maximum atomic E-state index is 8.33. The second-order valence-corrected chi connectivity index (χ2v) is 1.56. The average molecular weight is 117 g/mol. The van der Waals surface area contributed by atoms with E-state index in [1.165, 1.54) is 25.9 Å². The van der Waals surface area contributed by atoms with Gasteiger partial charge in [0.25, 0.3) is 0 Å². The molecule has 0 saturated carbocycles. The predicted octanol–water partition coefficient (Wildman–Crippen LogP) is -0.00370. The summed E-state index contributed by atoms with van der Waals surface area (Å²) in [6.45, 7) is 2.50. The highest BCUT2D eigenvalue weighted by Crippen LogP contribution is 1.90. The Morgan fingerprint density at radius 2 is 1.75 bits per heavy atom. The van der Waals surface area contributed by atoms with E-state index in [4.69, 9.17) is 4.91 Å². The van der Waals surface area contributed by atoms with Gasteiger partial charge >= 0.3 is 0 Å². The molecule has 1 rings (SSSR count). The molecule has 0 aliphatic carbocycles. The third kappa shape index (κ3) is 5.36. The van der Waals surface area contributed by atoms with E-state index < -0.39 is 0 Å². The standard InChI is InChI=1S/C4H9N.H2N2O/c1-2-4-5-3-1;1-2-3/h5H,1-4H2;(H2,1,3). The summed E-state index contributed by atoms with van der Waals surface area (Å²) >= 11 is 0. The van der Waals surface area contributed by atoms with E-state index in [0.717, 1.165) is 0 Å². The maximum absolute atomic E-state index is 8.33. The van der Waals surface area contributed by atoms with Crippen molar-refractivity contribution in [1.29, 1.82) is 0 Å². The molecule has 0 aromatic carbocycles. The molecule has 0 atom stereocenters. The molecule has 4 heteroatoms. The number of nitrogens with two attached hydrogens (primary N) is 1. The lowest BCUT2D eigenvalue weighted by Gasteiger charge is -1.76. The van der Waals surface area contributed by atoms with Crippen LogP contribution in [0.15, 0.2) is 5.29 Å². The van der Waals surface area contributed by atoms with Crippen LogP contribution in [-0.4, -0.2) is 13.1 Å². The zero-order valence-corrected chi connectivity index (χ0v) is 4.76. The van der Waals surface area contributed by atoms with Gasteiger partial charge < -0.3 is 5.32 Å². The quantitative estimate of drug-likeness (QED) is 0.266. The first-order valence-corrected chi connectivity index (χ1v) is 2.65. The molecule has 4 nitrogen and oxygen atoms in total. The summed E-state index contributed by atoms with van der Waals surface area (Å²) in [6, 6.07) is 0. The van der Waals surface area contributed by atoms with Crippen LogP contribution in [0.1, 0.15) is 12.8 Å². The number of nitrogens with zero attached hydrogens (tertiary/aromatic N) is 1. The first-order valence-electron chi connectivity index (χ1n) is 2.65. The summed E-state index contributed by atoms with van der Waals surface area (Å²) in [6.07, 6.45) is 2.78. The molecule has 3 N–H and O–H groups in total. The third-order valence-electron chi connectivity index (χ3n) is 0.957. The fraction of sp³-hybridized carbons (Fsp3) is 1.00. The third-order valence-corrected chi connectivity index (χ3v) is 0.957. The SMILES string of the molecule is C1CCNC1.NN=O. The molecule has 1 saturated heterocycles. The van der Waals surface area contributed by atoms with E-state index in [0.29, 0.717) is 0 Å². The van der Waals surface area contributed by atoms with Crippen LogP contribution in [0.4, 0.5) is 0 Å². The average Bonchev–Trinajstić information content (AvgIpc) is 2.17. The van der Waals surface area contributed by atoms with E-state index in [9.17, 15) is 0 Å². The summed E-state index contributed by atoms with van der Waals surface area (Å²) in [7, 11) is 0. The first-order chi connectivity index (χ1) is 3.91. The number of rotatable bonds is 0. The Kier molecular flexibility index (Phi) is 5.85. The van der Waals surface area contributed by atoms with Crippen LogP contribution in [0, 0.1) is 4.91 Å². The zero-order valence-electron chi connectivity index (χ0n) is 4.76. The van der Waals surface area contributed by atoms with Crippen molar-refractivity contribution in [2.75, 3.05) is 13.1 Å². The predicted molar refractivity (Wildman–Crippen MR) is 32.1 cm³/mol. The molecule has 0 bridgehead atoms. The molecule has 0 unspecified atom stereocenters. The van der Waals surface area contributed by atoms with Crippen molar-refractivity contribution < 1.29 is 0 Å². The van der Waals surface area contributed by atoms with Gasteiger partial charge in [-0.3, -0.25) is 5.84 Å². The van der Waals surface area contributed by atoms with Crippen LogP contribution in [0.2, 0.25) is 0 Å². The van der Waals surface area contributed by atoms with E-state index in [1.54, 1.807) is 5.29 Å². The first kappa shape index (κ1) is 7.36. The van der Waals surface area contributed by atoms with Crippen LogP contribution in [-0.2, 0) is 0 Å². The maximum Gasteiger partial charge on any atom is 0.0468 e. The van der Waals surface area contributed by atoms with Gasteiger partial charge in [0, 0.05) is 5.29 Å². The van der Waals surface area contributed by atoms with Gasteiger partial charge in [0.15, 0.2) is 0 Å². The molecule has 0 spiro atoms. The van der Waals surface area contributed by atoms with Crippen molar-refractivity contribution in [1.82, 2.24) is 5.32 Å². The number of hydrogen-bond acceptors (Lipinski definition) is 3. The van der Waals surface area contributed by atoms with Gasteiger partial charge in [-0.2, -0.15) is 0 Å². The number of nitrogens with one attached hydrogen (secondary N) is 1. The second kappa shape index (κ2) is 6.36. The molecule has 48 valence electrons. The minimum atomic E-state index is 1.25. The second-order valence-electron chi connectivity index (χ2n) is 1.56. The molecule has 0 aromatic rings. The van der Waals surface area contributed by atoms with Crippen molar-refractivity contribution >= 4 is 0 Å². The van der Waals surface area contributed by atoms with E-state index in [1.807, 2.05) is 0 Å². The topological polar surface area (TPSA) is 67.5 Å². The number of hydrogen-bond donors (Lipinski definition) is 2. The Morgan fingerprint density at radius 3 is 1.88 bits per heavy atom. The van der Waals surface area contributed by atoms with Gasteiger partial charge in [-0.05, 0) is 25.9 Å². The van der Waals surface area contributed by atoms with Crippen molar-refractivity contribution in [2.45, 2.75) is 12.8 Å². The molecule has 0 amide bonds. The number of nitroso groups, excluding NO2 is 1. The van der Waals surface area contributed by atoms with Gasteiger partial charge in [0.05, 0.1) is 0 Å². The van der Waals surface area contributed by atoms with E-state index in [-0.39, 0.29) is 0 Å². The normalized spacial score (nSPS) is 16.5. The Labute approximate surface area is 48.4 Å². The smallest absolute Gasteiger partial charge is 0.0468 e. The summed E-state index contributed by atoms with van der Waals surface area (Å²) in [5.41, 5.74) is 0. The summed E-state index contributed by atoms with van der Waals surface area (Å²) in [5.74, 6) is 3.92. The van der Waals surface area contributed by atoms with Crippen LogP contribution in [0.5, 0.6) is 0 Å². The van der Waals surface area contributed by atoms with Crippen molar-refractivity contribution in [3.05, 3.63) is 4.91 Å². The Balaban J connectivity index is 0.000000145. The highest BCUT2D eigenvalue weighted by atomic mass is 16.3. The molecule has 8 heavy (non-hydrogen) atoms. The van der Waals surface area contributed by atoms with Crippen molar-refractivity contribution in [3.63, 3.8) is 0 Å². The molecule has 0 aromatic heterocycles. The lowest BCUT2D eigenvalue weighted by Crippen LogP contribution is -2.03. The Hall–Kier alpha value is -0.640. The van der Waals surface area contributed by atoms with Crippen LogP contribution < -0.4 is 11.2 Å². The largest absolute Gasteiger partial charge is 0.317 e. The van der Waals surface area contributed by atoms with Crippen LogP contribution >= 0.6 is 0 Å². The Morgan fingerprint density at radius 1 is 1.38 bits per heavy atom. The fourth-order valence-electron chi connectivity index (χ4n) is 0.625. The van der Waals surface area contributed by atoms with E-state index >= 15 is 0 Å². The highest BCUT2D eigenvalue weighted by molar-refractivity contribution is 4.55. The summed E-state index contributed by atoms with van der Waals surface area (Å²) in [5, 5.41) is 4.97. The minimum absolute atomic E-state index is 1.25. The fourth-order valence-corrected chi connectivity index (χ4v) is 0.625. The van der Waals surface area contributed by atoms with Gasteiger partial charge in [0.1, 0.15) is 0 Å². The molecule has 0 radical (unpaired) electrons. The summed E-state index contributed by atoms with van der Waals surface area (Å²) in [4.78, 5) is 8.33.